The van der Waals surface area contributed by atoms with Crippen molar-refractivity contribution in [2.45, 2.75) is 39.5 Å². The fourth-order valence-electron chi connectivity index (χ4n) is 8.83. The van der Waals surface area contributed by atoms with Crippen LogP contribution >= 0.6 is 0 Å². The van der Waals surface area contributed by atoms with Crippen molar-refractivity contribution in [3.63, 3.8) is 0 Å². The van der Waals surface area contributed by atoms with Crippen LogP contribution in [-0.2, 0) is 0 Å². The highest BCUT2D eigenvalue weighted by Crippen LogP contribution is 2.41. The van der Waals surface area contributed by atoms with Crippen molar-refractivity contribution < 1.29 is 4.74 Å². The Morgan fingerprint density at radius 1 is 0.473 bits per heavy atom. The lowest BCUT2D eigenvalue weighted by Gasteiger charge is -2.21. The lowest BCUT2D eigenvalue weighted by atomic mass is 9.84. The molecule has 0 fully saturated rings. The summed E-state index contributed by atoms with van der Waals surface area (Å²) in [5, 5.41) is 6.62. The molecular formula is C49H37N5O. The molecule has 0 radical (unpaired) electrons. The van der Waals surface area contributed by atoms with E-state index in [1.807, 2.05) is 18.5 Å². The van der Waals surface area contributed by atoms with Gasteiger partial charge in [0, 0.05) is 27.7 Å². The molecule has 0 N–H and O–H groups in total. The molecule has 0 unspecified atom stereocenters. The first-order valence-corrected chi connectivity index (χ1v) is 19.1. The molecule has 264 valence electrons. The lowest BCUT2D eigenvalue weighted by Crippen LogP contribution is -2.00. The second kappa shape index (κ2) is 11.9. The molecule has 0 aliphatic heterocycles. The molecule has 55 heavy (non-hydrogen) atoms. The minimum Gasteiger partial charge on any atom is -0.457 e. The summed E-state index contributed by atoms with van der Waals surface area (Å²) in [5.41, 5.74) is 13.3. The van der Waals surface area contributed by atoms with Gasteiger partial charge in [0.15, 0.2) is 0 Å². The van der Waals surface area contributed by atoms with Crippen molar-refractivity contribution >= 4 is 76.7 Å². The summed E-state index contributed by atoms with van der Waals surface area (Å²) in [6.07, 6.45) is 3.78. The first kappa shape index (κ1) is 31.7. The molecule has 11 aromatic rings. The van der Waals surface area contributed by atoms with Crippen LogP contribution in [-0.4, -0.2) is 23.8 Å². The molecule has 0 saturated carbocycles. The number of ether oxygens (including phenoxy) is 1. The minimum atomic E-state index is 0.399. The monoisotopic (exact) mass is 711 g/mol. The highest BCUT2D eigenvalue weighted by Gasteiger charge is 2.20. The van der Waals surface area contributed by atoms with Gasteiger partial charge in [0.25, 0.3) is 0 Å². The van der Waals surface area contributed by atoms with Crippen molar-refractivity contribution in [3.05, 3.63) is 151 Å². The highest BCUT2D eigenvalue weighted by molar-refractivity contribution is 6.16. The average Bonchev–Trinajstić information content (AvgIpc) is 3.81. The molecule has 0 amide bonds. The number of fused-ring (bicyclic) bond motifs is 16. The van der Waals surface area contributed by atoms with Gasteiger partial charge in [-0.1, -0.05) is 76.2 Å². The maximum atomic E-state index is 6.76. The second-order valence-corrected chi connectivity index (χ2v) is 15.3. The van der Waals surface area contributed by atoms with Gasteiger partial charge in [-0.2, -0.15) is 0 Å². The predicted octanol–water partition coefficient (Wildman–Crippen LogP) is 13.0. The summed E-state index contributed by atoms with van der Waals surface area (Å²) < 4.78 is 11.3. The van der Waals surface area contributed by atoms with Gasteiger partial charge in [0.05, 0.1) is 39.3 Å². The smallest absolute Gasteiger partial charge is 0.146 e. The zero-order valence-corrected chi connectivity index (χ0v) is 31.1. The molecule has 6 heteroatoms. The second-order valence-electron chi connectivity index (χ2n) is 15.3. The Bertz CT molecular complexity index is 3340. The van der Waals surface area contributed by atoms with Crippen LogP contribution in [0.25, 0.3) is 87.8 Å². The summed E-state index contributed by atoms with van der Waals surface area (Å²) >= 11 is 0. The zero-order valence-electron chi connectivity index (χ0n) is 31.1. The first-order chi connectivity index (χ1) is 26.9. The van der Waals surface area contributed by atoms with Crippen LogP contribution in [0, 0.1) is 0 Å². The Labute approximate surface area is 317 Å². The molecule has 0 aliphatic rings. The number of imidazole rings is 2. The van der Waals surface area contributed by atoms with E-state index in [0.717, 1.165) is 82.8 Å². The van der Waals surface area contributed by atoms with Crippen molar-refractivity contribution in [2.75, 3.05) is 0 Å². The van der Waals surface area contributed by atoms with Crippen molar-refractivity contribution in [3.8, 4) is 22.6 Å². The van der Waals surface area contributed by atoms with Gasteiger partial charge >= 0.3 is 0 Å². The standard InChI is InChI=1S/C49H37N5O/c1-28(2)33-10-9-11-34(29(3)4)47(33)30-16-21-43-38(24-30)36-20-18-32(26-40(36)48-51-41-12-5-7-14-44(41)53(43)48)55-31-17-19-35-37-22-23-50-27-46(37)54-45-15-8-6-13-42(45)52-49(54)39(35)25-31/h5-29H,1-4H3. The normalized spacial score (nSPS) is 12.3. The van der Waals surface area contributed by atoms with E-state index < -0.39 is 0 Å². The summed E-state index contributed by atoms with van der Waals surface area (Å²) in [6, 6.07) is 45.3. The van der Waals surface area contributed by atoms with Crippen LogP contribution < -0.4 is 4.74 Å². The number of benzene rings is 6. The molecule has 5 aromatic heterocycles. The minimum absolute atomic E-state index is 0.399. The van der Waals surface area contributed by atoms with Gasteiger partial charge in [-0.25, -0.2) is 9.97 Å². The molecule has 11 rings (SSSR count). The van der Waals surface area contributed by atoms with Crippen molar-refractivity contribution in [1.82, 2.24) is 23.8 Å². The van der Waals surface area contributed by atoms with E-state index in [1.165, 1.54) is 27.6 Å². The van der Waals surface area contributed by atoms with Crippen molar-refractivity contribution in [2.24, 2.45) is 0 Å². The van der Waals surface area contributed by atoms with E-state index in [2.05, 4.69) is 163 Å². The molecule has 0 saturated heterocycles. The fourth-order valence-corrected chi connectivity index (χ4v) is 8.83. The van der Waals surface area contributed by atoms with Crippen LogP contribution in [0.1, 0.15) is 50.7 Å². The third-order valence-corrected chi connectivity index (χ3v) is 11.3. The molecule has 6 nitrogen and oxygen atoms in total. The van der Waals surface area contributed by atoms with E-state index in [-0.39, 0.29) is 0 Å². The summed E-state index contributed by atoms with van der Waals surface area (Å²) in [5.74, 6) is 2.29. The predicted molar refractivity (Wildman–Crippen MR) is 227 cm³/mol. The van der Waals surface area contributed by atoms with Gasteiger partial charge in [0.2, 0.25) is 0 Å². The SMILES string of the molecule is CC(C)c1cccc(C(C)C)c1-c1ccc2c(c1)c1ccc(Oc3ccc4c5ccncc5n5c6ccccc6nc5c4c3)cc1c1nc3ccccc3n21. The molecule has 0 atom stereocenters. The molecule has 5 heterocycles. The van der Waals surface area contributed by atoms with Crippen LogP contribution in [0.15, 0.2) is 140 Å². The quantitative estimate of drug-likeness (QED) is 0.167. The fraction of sp³-hybridized carbons (Fsp3) is 0.122. The largest absolute Gasteiger partial charge is 0.457 e. The van der Waals surface area contributed by atoms with E-state index in [0.29, 0.717) is 11.8 Å². The van der Waals surface area contributed by atoms with Crippen LogP contribution in [0.5, 0.6) is 11.5 Å². The van der Waals surface area contributed by atoms with Gasteiger partial charge in [-0.15, -0.1) is 0 Å². The molecule has 6 aromatic carbocycles. The Balaban J connectivity index is 1.12. The molecule has 0 bridgehead atoms. The van der Waals surface area contributed by atoms with Crippen LogP contribution in [0.2, 0.25) is 0 Å². The third-order valence-electron chi connectivity index (χ3n) is 11.3. The zero-order chi connectivity index (χ0) is 36.9. The Morgan fingerprint density at radius 2 is 1.05 bits per heavy atom. The molecule has 0 spiro atoms. The van der Waals surface area contributed by atoms with Crippen LogP contribution in [0.3, 0.4) is 0 Å². The maximum Gasteiger partial charge on any atom is 0.146 e. The summed E-state index contributed by atoms with van der Waals surface area (Å²) in [7, 11) is 0. The Hall–Kier alpha value is -6.79. The highest BCUT2D eigenvalue weighted by atomic mass is 16.5. The molecular weight excluding hydrogens is 675 g/mol. The number of nitrogens with zero attached hydrogens (tertiary/aromatic N) is 5. The van der Waals surface area contributed by atoms with Gasteiger partial charge in [-0.3, -0.25) is 13.8 Å². The third kappa shape index (κ3) is 4.70. The van der Waals surface area contributed by atoms with E-state index in [1.54, 1.807) is 0 Å². The van der Waals surface area contributed by atoms with Gasteiger partial charge in [-0.05, 0) is 124 Å². The van der Waals surface area contributed by atoms with Gasteiger partial charge in [0.1, 0.15) is 22.8 Å². The van der Waals surface area contributed by atoms with Crippen LogP contribution in [0.4, 0.5) is 0 Å². The van der Waals surface area contributed by atoms with E-state index in [9.17, 15) is 0 Å². The summed E-state index contributed by atoms with van der Waals surface area (Å²) in [4.78, 5) is 14.8. The first-order valence-electron chi connectivity index (χ1n) is 19.1. The number of pyridine rings is 3. The average molecular weight is 712 g/mol. The molecule has 0 aliphatic carbocycles. The summed E-state index contributed by atoms with van der Waals surface area (Å²) in [6.45, 7) is 9.16. The Kier molecular flexibility index (Phi) is 6.84. The number of para-hydroxylation sites is 4. The van der Waals surface area contributed by atoms with Crippen molar-refractivity contribution in [1.29, 1.82) is 0 Å². The van der Waals surface area contributed by atoms with Gasteiger partial charge < -0.3 is 4.74 Å². The topological polar surface area (TPSA) is 56.7 Å². The lowest BCUT2D eigenvalue weighted by molar-refractivity contribution is 0.484. The maximum absolute atomic E-state index is 6.76. The number of hydrogen-bond acceptors (Lipinski definition) is 4. The van der Waals surface area contributed by atoms with E-state index in [4.69, 9.17) is 14.7 Å². The number of hydrogen-bond donors (Lipinski definition) is 0. The number of aromatic nitrogens is 5. The number of rotatable bonds is 5. The van der Waals surface area contributed by atoms with E-state index >= 15 is 0 Å². The Morgan fingerprint density at radius 3 is 1.67 bits per heavy atom.